The third kappa shape index (κ3) is 1.50. The lowest BCUT2D eigenvalue weighted by molar-refractivity contribution is 0.0303. The van der Waals surface area contributed by atoms with Gasteiger partial charge in [0.05, 0.1) is 0 Å². The molecule has 0 saturated heterocycles. The molecular weight excluding hydrogens is 211 g/mol. The van der Waals surface area contributed by atoms with Crippen molar-refractivity contribution in [2.75, 3.05) is 6.79 Å². The summed E-state index contributed by atoms with van der Waals surface area (Å²) < 4.78 is 66.1. The fourth-order valence-electron chi connectivity index (χ4n) is 0.770. The smallest absolute Gasteiger partial charge is 0.221 e. The molecule has 0 aliphatic carbocycles. The monoisotopic (exact) mass is 213 g/mol. The highest BCUT2D eigenvalue weighted by Gasteiger charge is 2.26. The summed E-state index contributed by atoms with van der Waals surface area (Å²) in [6.45, 7) is -1.45. The number of hydrogen-bond acceptors (Lipinski definition) is 1. The van der Waals surface area contributed by atoms with Gasteiger partial charge in [-0.2, -0.15) is 13.9 Å². The zero-order valence-corrected chi connectivity index (χ0v) is 6.41. The lowest BCUT2D eigenvalue weighted by Gasteiger charge is -2.06. The highest BCUT2D eigenvalue weighted by atomic mass is 19.2. The minimum atomic E-state index is -2.29. The Balaban J connectivity index is 3.43. The molecule has 1 aromatic rings. The minimum Gasteiger partial charge on any atom is -0.458 e. The first-order valence-corrected chi connectivity index (χ1v) is 3.23. The van der Waals surface area contributed by atoms with E-state index >= 15 is 0 Å². The van der Waals surface area contributed by atoms with Gasteiger partial charge >= 0.3 is 0 Å². The van der Waals surface area contributed by atoms with E-state index in [1.807, 2.05) is 0 Å². The van der Waals surface area contributed by atoms with E-state index in [-0.39, 0.29) is 0 Å². The van der Waals surface area contributed by atoms with Crippen molar-refractivity contribution >= 4 is 0 Å². The van der Waals surface area contributed by atoms with Crippen LogP contribution in [-0.4, -0.2) is 6.79 Å². The molecule has 0 bridgehead atoms. The second-order valence-corrected chi connectivity index (χ2v) is 2.16. The van der Waals surface area contributed by atoms with Crippen molar-refractivity contribution in [3.8, 4) is 5.75 Å². The van der Waals surface area contributed by atoms with Crippen molar-refractivity contribution in [2.45, 2.75) is 0 Å². The summed E-state index contributed by atoms with van der Waals surface area (Å²) >= 11 is 0. The Labute approximate surface area is 74.5 Å². The zero-order chi connectivity index (χ0) is 10.9. The summed E-state index contributed by atoms with van der Waals surface area (Å²) in [5, 5.41) is 9.82. The van der Waals surface area contributed by atoms with E-state index in [0.29, 0.717) is 0 Å². The van der Waals surface area contributed by atoms with Gasteiger partial charge in [-0.3, -0.25) is 0 Å². The SMILES string of the molecule is [O]COc1c(F)c(F)c(F)c(F)c1F. The maximum atomic E-state index is 12.6. The first-order valence-electron chi connectivity index (χ1n) is 3.23. The Morgan fingerprint density at radius 2 is 1.14 bits per heavy atom. The van der Waals surface area contributed by atoms with E-state index in [0.717, 1.165) is 0 Å². The van der Waals surface area contributed by atoms with Crippen LogP contribution in [0.1, 0.15) is 0 Å². The van der Waals surface area contributed by atoms with E-state index < -0.39 is 41.6 Å². The van der Waals surface area contributed by atoms with E-state index in [1.54, 1.807) is 0 Å². The maximum Gasteiger partial charge on any atom is 0.221 e. The third-order valence-corrected chi connectivity index (χ3v) is 1.37. The predicted molar refractivity (Wildman–Crippen MR) is 32.4 cm³/mol. The van der Waals surface area contributed by atoms with E-state index in [9.17, 15) is 27.1 Å². The van der Waals surface area contributed by atoms with Crippen LogP contribution in [0.25, 0.3) is 0 Å². The average Bonchev–Trinajstić information content (AvgIpc) is 2.19. The topological polar surface area (TPSA) is 29.1 Å². The molecule has 77 valence electrons. The van der Waals surface area contributed by atoms with E-state index in [2.05, 4.69) is 4.74 Å². The highest BCUT2D eigenvalue weighted by molar-refractivity contribution is 5.29. The summed E-state index contributed by atoms with van der Waals surface area (Å²) in [6, 6.07) is 0. The second-order valence-electron chi connectivity index (χ2n) is 2.16. The molecule has 0 aromatic heterocycles. The fraction of sp³-hybridized carbons (Fsp3) is 0.143. The Morgan fingerprint density at radius 1 is 0.786 bits per heavy atom. The van der Waals surface area contributed by atoms with Gasteiger partial charge in [-0.05, 0) is 0 Å². The van der Waals surface area contributed by atoms with Crippen LogP contribution in [0.5, 0.6) is 5.75 Å². The fourth-order valence-corrected chi connectivity index (χ4v) is 0.770. The van der Waals surface area contributed by atoms with Crippen molar-refractivity contribution in [1.82, 2.24) is 0 Å². The summed E-state index contributed by atoms with van der Waals surface area (Å²) in [6.07, 6.45) is 0. The Bertz CT molecular complexity index is 337. The minimum absolute atomic E-state index is 1.45. The Morgan fingerprint density at radius 3 is 1.50 bits per heavy atom. The van der Waals surface area contributed by atoms with Crippen molar-refractivity contribution in [1.29, 1.82) is 0 Å². The van der Waals surface area contributed by atoms with Gasteiger partial charge in [-0.15, -0.1) is 0 Å². The van der Waals surface area contributed by atoms with Crippen molar-refractivity contribution in [3.05, 3.63) is 29.1 Å². The van der Waals surface area contributed by atoms with Gasteiger partial charge in [0, 0.05) is 0 Å². The lowest BCUT2D eigenvalue weighted by Crippen LogP contribution is -2.06. The van der Waals surface area contributed by atoms with Gasteiger partial charge in [0.25, 0.3) is 0 Å². The standard InChI is InChI=1S/C7H2F5O2/c8-2-3(9)5(11)7(14-1-13)6(12)4(2)10/h1H2. The molecule has 2 nitrogen and oxygen atoms in total. The summed E-state index contributed by atoms with van der Waals surface area (Å²) in [5.41, 5.74) is 0. The van der Waals surface area contributed by atoms with Gasteiger partial charge in [0.15, 0.2) is 5.75 Å². The van der Waals surface area contributed by atoms with Crippen molar-refractivity contribution in [3.63, 3.8) is 0 Å². The molecule has 0 atom stereocenters. The molecule has 1 radical (unpaired) electrons. The lowest BCUT2D eigenvalue weighted by atomic mass is 10.3. The van der Waals surface area contributed by atoms with Crippen LogP contribution in [0, 0.1) is 29.1 Å². The summed E-state index contributed by atoms with van der Waals surface area (Å²) in [5.74, 6) is -12.5. The molecular formula is C7H2F5O2. The molecule has 0 aliphatic rings. The molecule has 0 heterocycles. The van der Waals surface area contributed by atoms with Crippen LogP contribution in [0.15, 0.2) is 0 Å². The zero-order valence-electron chi connectivity index (χ0n) is 6.41. The molecule has 7 heteroatoms. The van der Waals surface area contributed by atoms with Crippen LogP contribution in [0.3, 0.4) is 0 Å². The molecule has 0 fully saturated rings. The van der Waals surface area contributed by atoms with Crippen LogP contribution in [0.2, 0.25) is 0 Å². The first kappa shape index (κ1) is 10.7. The van der Waals surface area contributed by atoms with E-state index in [1.165, 1.54) is 0 Å². The summed E-state index contributed by atoms with van der Waals surface area (Å²) in [7, 11) is 0. The number of ether oxygens (including phenoxy) is 1. The predicted octanol–water partition coefficient (Wildman–Crippen LogP) is 2.15. The molecule has 1 rings (SSSR count). The van der Waals surface area contributed by atoms with Crippen molar-refractivity contribution in [2.24, 2.45) is 0 Å². The molecule has 14 heavy (non-hydrogen) atoms. The second kappa shape index (κ2) is 3.79. The number of rotatable bonds is 2. The number of halogens is 5. The van der Waals surface area contributed by atoms with Crippen molar-refractivity contribution < 1.29 is 31.8 Å². The molecule has 0 amide bonds. The average molecular weight is 213 g/mol. The first-order chi connectivity index (χ1) is 6.50. The Hall–Kier alpha value is -1.37. The van der Waals surface area contributed by atoms with Crippen LogP contribution < -0.4 is 4.74 Å². The molecule has 0 saturated carbocycles. The molecule has 0 unspecified atom stereocenters. The quantitative estimate of drug-likeness (QED) is 0.320. The molecule has 0 spiro atoms. The van der Waals surface area contributed by atoms with Crippen LogP contribution >= 0.6 is 0 Å². The van der Waals surface area contributed by atoms with Gasteiger partial charge in [-0.1, -0.05) is 0 Å². The highest BCUT2D eigenvalue weighted by Crippen LogP contribution is 2.28. The third-order valence-electron chi connectivity index (χ3n) is 1.37. The van der Waals surface area contributed by atoms with E-state index in [4.69, 9.17) is 0 Å². The van der Waals surface area contributed by atoms with Gasteiger partial charge < -0.3 is 4.74 Å². The largest absolute Gasteiger partial charge is 0.458 e. The van der Waals surface area contributed by atoms with Crippen LogP contribution in [-0.2, 0) is 5.11 Å². The molecule has 1 aromatic carbocycles. The Kier molecular flexibility index (Phi) is 2.90. The molecule has 0 aliphatic heterocycles. The maximum absolute atomic E-state index is 12.6. The van der Waals surface area contributed by atoms with Gasteiger partial charge in [0.2, 0.25) is 35.9 Å². The van der Waals surface area contributed by atoms with Crippen LogP contribution in [0.4, 0.5) is 22.0 Å². The molecule has 0 N–H and O–H groups in total. The number of hydrogen-bond donors (Lipinski definition) is 0. The summed E-state index contributed by atoms with van der Waals surface area (Å²) in [4.78, 5) is 0. The normalized spacial score (nSPS) is 10.4. The van der Waals surface area contributed by atoms with Gasteiger partial charge in [-0.25, -0.2) is 13.2 Å². The number of benzene rings is 1. The van der Waals surface area contributed by atoms with Gasteiger partial charge in [0.1, 0.15) is 0 Å².